The van der Waals surface area contributed by atoms with Crippen molar-refractivity contribution in [2.75, 3.05) is 23.2 Å². The van der Waals surface area contributed by atoms with E-state index in [9.17, 15) is 23.3 Å². The summed E-state index contributed by atoms with van der Waals surface area (Å²) in [6, 6.07) is 19.2. The Hall–Kier alpha value is -3.92. The molecule has 0 unspecified atom stereocenters. The van der Waals surface area contributed by atoms with Gasteiger partial charge >= 0.3 is 0 Å². The Bertz CT molecular complexity index is 1250. The maximum absolute atomic E-state index is 13.2. The standard InChI is InChI=1S/C23H24N4O5S/c1-3-26(19-7-5-4-6-8-19)33(31,32)20-13-14-21(22(15-20)27(29)30)25-16-17-9-11-18(12-10-17)23(28)24-2/h4-15,25H,3,16H2,1-2H3,(H,24,28). The van der Waals surface area contributed by atoms with Gasteiger partial charge in [-0.25, -0.2) is 8.42 Å². The van der Waals surface area contributed by atoms with E-state index in [2.05, 4.69) is 10.6 Å². The van der Waals surface area contributed by atoms with E-state index in [1.54, 1.807) is 68.6 Å². The van der Waals surface area contributed by atoms with Crippen LogP contribution in [-0.2, 0) is 16.6 Å². The number of hydrogen-bond acceptors (Lipinski definition) is 6. The zero-order valence-corrected chi connectivity index (χ0v) is 19.0. The van der Waals surface area contributed by atoms with Crippen LogP contribution >= 0.6 is 0 Å². The minimum absolute atomic E-state index is 0.166. The van der Waals surface area contributed by atoms with Gasteiger partial charge in [0.05, 0.1) is 15.5 Å². The summed E-state index contributed by atoms with van der Waals surface area (Å²) in [5.41, 5.74) is 1.62. The fraction of sp³-hybridized carbons (Fsp3) is 0.174. The summed E-state index contributed by atoms with van der Waals surface area (Å²) in [6.45, 7) is 2.13. The normalized spacial score (nSPS) is 11.0. The van der Waals surface area contributed by atoms with Gasteiger partial charge in [-0.05, 0) is 48.9 Å². The van der Waals surface area contributed by atoms with Gasteiger partial charge in [-0.2, -0.15) is 0 Å². The third-order valence-electron chi connectivity index (χ3n) is 5.01. The van der Waals surface area contributed by atoms with Gasteiger partial charge < -0.3 is 10.6 Å². The van der Waals surface area contributed by atoms with Gasteiger partial charge in [0, 0.05) is 31.8 Å². The van der Waals surface area contributed by atoms with Gasteiger partial charge in [0.2, 0.25) is 0 Å². The Balaban J connectivity index is 1.86. The minimum atomic E-state index is -4.00. The molecule has 33 heavy (non-hydrogen) atoms. The Morgan fingerprint density at radius 2 is 1.70 bits per heavy atom. The summed E-state index contributed by atoms with van der Waals surface area (Å²) in [6.07, 6.45) is 0. The Morgan fingerprint density at radius 1 is 1.03 bits per heavy atom. The van der Waals surface area contributed by atoms with Gasteiger partial charge in [-0.3, -0.25) is 19.2 Å². The largest absolute Gasteiger partial charge is 0.375 e. The predicted molar refractivity (Wildman–Crippen MR) is 127 cm³/mol. The molecule has 0 bridgehead atoms. The van der Waals surface area contributed by atoms with Crippen LogP contribution in [0.15, 0.2) is 77.7 Å². The molecular weight excluding hydrogens is 444 g/mol. The number of hydrogen-bond donors (Lipinski definition) is 2. The lowest BCUT2D eigenvalue weighted by Crippen LogP contribution is -2.30. The van der Waals surface area contributed by atoms with Crippen LogP contribution in [0.3, 0.4) is 0 Å². The van der Waals surface area contributed by atoms with Gasteiger partial charge in [-0.1, -0.05) is 30.3 Å². The first kappa shape index (κ1) is 23.7. The van der Waals surface area contributed by atoms with Gasteiger partial charge in [0.15, 0.2) is 0 Å². The third-order valence-corrected chi connectivity index (χ3v) is 6.91. The molecule has 0 radical (unpaired) electrons. The lowest BCUT2D eigenvalue weighted by atomic mass is 10.1. The Morgan fingerprint density at radius 3 is 2.27 bits per heavy atom. The number of carbonyl (C=O) groups is 1. The first-order valence-electron chi connectivity index (χ1n) is 10.2. The van der Waals surface area contributed by atoms with Crippen molar-refractivity contribution in [2.24, 2.45) is 0 Å². The summed E-state index contributed by atoms with van der Waals surface area (Å²) in [7, 11) is -2.45. The highest BCUT2D eigenvalue weighted by molar-refractivity contribution is 7.92. The number of para-hydroxylation sites is 1. The second kappa shape index (κ2) is 10.1. The second-order valence-corrected chi connectivity index (χ2v) is 8.93. The molecule has 2 N–H and O–H groups in total. The molecule has 0 heterocycles. The molecule has 3 rings (SSSR count). The van der Waals surface area contributed by atoms with Gasteiger partial charge in [-0.15, -0.1) is 0 Å². The molecule has 9 nitrogen and oxygen atoms in total. The molecule has 3 aromatic rings. The highest BCUT2D eigenvalue weighted by Gasteiger charge is 2.27. The molecule has 0 saturated heterocycles. The molecule has 0 aromatic heterocycles. The molecule has 0 spiro atoms. The van der Waals surface area contributed by atoms with E-state index in [0.29, 0.717) is 11.3 Å². The number of amides is 1. The maximum atomic E-state index is 13.2. The average Bonchev–Trinajstić information content (AvgIpc) is 2.83. The van der Waals surface area contributed by atoms with Crippen LogP contribution < -0.4 is 14.9 Å². The molecule has 172 valence electrons. The van der Waals surface area contributed by atoms with Crippen LogP contribution in [0.25, 0.3) is 0 Å². The number of nitro groups is 1. The van der Waals surface area contributed by atoms with Crippen molar-refractivity contribution >= 4 is 33.0 Å². The zero-order chi connectivity index (χ0) is 24.0. The molecule has 0 saturated carbocycles. The maximum Gasteiger partial charge on any atom is 0.293 e. The summed E-state index contributed by atoms with van der Waals surface area (Å²) < 4.78 is 27.6. The first-order valence-corrected chi connectivity index (χ1v) is 11.6. The van der Waals surface area contributed by atoms with Crippen molar-refractivity contribution < 1.29 is 18.1 Å². The summed E-state index contributed by atoms with van der Waals surface area (Å²) in [5.74, 6) is -0.210. The number of carbonyl (C=O) groups excluding carboxylic acids is 1. The number of nitrogens with one attached hydrogen (secondary N) is 2. The highest BCUT2D eigenvalue weighted by atomic mass is 32.2. The van der Waals surface area contributed by atoms with Crippen molar-refractivity contribution in [2.45, 2.75) is 18.4 Å². The van der Waals surface area contributed by atoms with Crippen LogP contribution in [0.2, 0.25) is 0 Å². The predicted octanol–water partition coefficient (Wildman–Crippen LogP) is 3.78. The van der Waals surface area contributed by atoms with E-state index < -0.39 is 14.9 Å². The van der Waals surface area contributed by atoms with Crippen LogP contribution in [0, 0.1) is 10.1 Å². The molecule has 1 amide bonds. The number of benzene rings is 3. The monoisotopic (exact) mass is 468 g/mol. The lowest BCUT2D eigenvalue weighted by molar-refractivity contribution is -0.384. The number of sulfonamides is 1. The fourth-order valence-corrected chi connectivity index (χ4v) is 4.80. The SMILES string of the molecule is CCN(c1ccccc1)S(=O)(=O)c1ccc(NCc2ccc(C(=O)NC)cc2)c([N+](=O)[O-])c1. The highest BCUT2D eigenvalue weighted by Crippen LogP contribution is 2.31. The van der Waals surface area contributed by atoms with E-state index in [4.69, 9.17) is 0 Å². The summed E-state index contributed by atoms with van der Waals surface area (Å²) >= 11 is 0. The summed E-state index contributed by atoms with van der Waals surface area (Å²) in [4.78, 5) is 22.5. The molecule has 10 heteroatoms. The van der Waals surface area contributed by atoms with E-state index in [1.807, 2.05) is 0 Å². The average molecular weight is 469 g/mol. The number of rotatable bonds is 9. The molecule has 0 aliphatic carbocycles. The number of nitro benzene ring substituents is 1. The quantitative estimate of drug-likeness (QED) is 0.364. The van der Waals surface area contributed by atoms with Crippen LogP contribution in [-0.4, -0.2) is 32.8 Å². The van der Waals surface area contributed by atoms with E-state index in [1.165, 1.54) is 16.4 Å². The zero-order valence-electron chi connectivity index (χ0n) is 18.2. The fourth-order valence-electron chi connectivity index (χ4n) is 3.30. The molecule has 0 aliphatic heterocycles. The van der Waals surface area contributed by atoms with Crippen molar-refractivity contribution in [3.8, 4) is 0 Å². The molecule has 0 aliphatic rings. The van der Waals surface area contributed by atoms with E-state index >= 15 is 0 Å². The Labute approximate surface area is 192 Å². The molecule has 3 aromatic carbocycles. The van der Waals surface area contributed by atoms with Gasteiger partial charge in [0.25, 0.3) is 21.6 Å². The summed E-state index contributed by atoms with van der Waals surface area (Å²) in [5, 5.41) is 17.2. The van der Waals surface area contributed by atoms with Crippen LogP contribution in [0.5, 0.6) is 0 Å². The van der Waals surface area contributed by atoms with Crippen molar-refractivity contribution in [3.63, 3.8) is 0 Å². The molecule has 0 atom stereocenters. The smallest absolute Gasteiger partial charge is 0.293 e. The third kappa shape index (κ3) is 5.29. The first-order chi connectivity index (χ1) is 15.8. The molecule has 0 fully saturated rings. The van der Waals surface area contributed by atoms with Crippen molar-refractivity contribution in [1.29, 1.82) is 0 Å². The minimum Gasteiger partial charge on any atom is -0.375 e. The number of nitrogens with zero attached hydrogens (tertiary/aromatic N) is 2. The Kier molecular flexibility index (Phi) is 7.29. The van der Waals surface area contributed by atoms with Crippen LogP contribution in [0.1, 0.15) is 22.8 Å². The van der Waals surface area contributed by atoms with Gasteiger partial charge in [0.1, 0.15) is 5.69 Å². The van der Waals surface area contributed by atoms with Crippen LogP contribution in [0.4, 0.5) is 17.1 Å². The van der Waals surface area contributed by atoms with Crippen molar-refractivity contribution in [3.05, 3.63) is 94.0 Å². The molecular formula is C23H24N4O5S. The number of anilines is 2. The van der Waals surface area contributed by atoms with E-state index in [0.717, 1.165) is 11.6 Å². The van der Waals surface area contributed by atoms with E-state index in [-0.39, 0.29) is 35.3 Å². The topological polar surface area (TPSA) is 122 Å². The second-order valence-electron chi connectivity index (χ2n) is 7.07. The lowest BCUT2D eigenvalue weighted by Gasteiger charge is -2.23. The van der Waals surface area contributed by atoms with Crippen molar-refractivity contribution in [1.82, 2.24) is 5.32 Å².